The van der Waals surface area contributed by atoms with E-state index >= 15 is 0 Å². The Balaban J connectivity index is 2.78. The fourth-order valence-electron chi connectivity index (χ4n) is 0.919. The maximum Gasteiger partial charge on any atom is 0.293 e. The van der Waals surface area contributed by atoms with Gasteiger partial charge in [0.15, 0.2) is 5.82 Å². The van der Waals surface area contributed by atoms with Crippen LogP contribution in [0.3, 0.4) is 0 Å². The van der Waals surface area contributed by atoms with Gasteiger partial charge in [-0.1, -0.05) is 0 Å². The third-order valence-electron chi connectivity index (χ3n) is 1.71. The number of nitrogens with one attached hydrogen (secondary N) is 1. The summed E-state index contributed by atoms with van der Waals surface area (Å²) in [7, 11) is 1.65. The van der Waals surface area contributed by atoms with E-state index < -0.39 is 5.60 Å². The van der Waals surface area contributed by atoms with Crippen LogP contribution in [0.5, 0.6) is 0 Å². The molecule has 0 amide bonds. The quantitative estimate of drug-likeness (QED) is 0.713. The molecule has 0 fully saturated rings. The van der Waals surface area contributed by atoms with E-state index in [0.717, 1.165) is 0 Å². The Labute approximate surface area is 82.4 Å². The van der Waals surface area contributed by atoms with Gasteiger partial charge in [0.1, 0.15) is 0 Å². The Hall–Kier alpha value is -1.36. The molecule has 0 saturated heterocycles. The predicted molar refractivity (Wildman–Crippen MR) is 54.3 cm³/mol. The highest BCUT2D eigenvalue weighted by Crippen LogP contribution is 2.01. The van der Waals surface area contributed by atoms with Gasteiger partial charge in [0.2, 0.25) is 0 Å². The highest BCUT2D eigenvalue weighted by Gasteiger charge is 2.13. The molecule has 0 radical (unpaired) electrons. The third-order valence-corrected chi connectivity index (χ3v) is 1.71. The minimum atomic E-state index is -0.859. The number of anilines is 1. The zero-order chi connectivity index (χ0) is 10.8. The van der Waals surface area contributed by atoms with Crippen molar-refractivity contribution in [2.45, 2.75) is 19.4 Å². The zero-order valence-electron chi connectivity index (χ0n) is 8.61. The summed E-state index contributed by atoms with van der Waals surface area (Å²) in [4.78, 5) is 15.3. The van der Waals surface area contributed by atoms with Crippen LogP contribution in [0, 0.1) is 0 Å². The SMILES string of the molecule is Cn1ccnc(NCC(C)(C)O)c1=O. The normalized spacial score (nSPS) is 11.4. The van der Waals surface area contributed by atoms with Crippen molar-refractivity contribution in [1.82, 2.24) is 9.55 Å². The molecule has 0 aliphatic rings. The molecule has 0 aromatic carbocycles. The van der Waals surface area contributed by atoms with Crippen molar-refractivity contribution in [2.75, 3.05) is 11.9 Å². The van der Waals surface area contributed by atoms with Crippen LogP contribution < -0.4 is 10.9 Å². The molecule has 1 rings (SSSR count). The van der Waals surface area contributed by atoms with E-state index in [2.05, 4.69) is 10.3 Å². The molecule has 1 heterocycles. The van der Waals surface area contributed by atoms with Crippen molar-refractivity contribution in [3.63, 3.8) is 0 Å². The molecule has 1 aromatic rings. The minimum Gasteiger partial charge on any atom is -0.389 e. The summed E-state index contributed by atoms with van der Waals surface area (Å²) in [5, 5.41) is 12.2. The van der Waals surface area contributed by atoms with Crippen LogP contribution in [-0.2, 0) is 7.05 Å². The van der Waals surface area contributed by atoms with Gasteiger partial charge in [0.25, 0.3) is 5.56 Å². The Kier molecular flexibility index (Phi) is 2.90. The van der Waals surface area contributed by atoms with Crippen molar-refractivity contribution in [1.29, 1.82) is 0 Å². The zero-order valence-corrected chi connectivity index (χ0v) is 8.61. The Morgan fingerprint density at radius 1 is 1.64 bits per heavy atom. The standard InChI is InChI=1S/C9H15N3O2/c1-9(2,14)6-11-7-8(13)12(3)5-4-10-7/h4-5,14H,6H2,1-3H3,(H,10,11). The smallest absolute Gasteiger partial charge is 0.293 e. The Morgan fingerprint density at radius 3 is 2.86 bits per heavy atom. The molecular weight excluding hydrogens is 182 g/mol. The summed E-state index contributed by atoms with van der Waals surface area (Å²) < 4.78 is 1.43. The summed E-state index contributed by atoms with van der Waals surface area (Å²) in [5.74, 6) is 0.261. The molecule has 5 heteroatoms. The first-order valence-corrected chi connectivity index (χ1v) is 4.38. The molecule has 0 atom stereocenters. The molecule has 5 nitrogen and oxygen atoms in total. The van der Waals surface area contributed by atoms with Gasteiger partial charge in [0.05, 0.1) is 5.60 Å². The van der Waals surface area contributed by atoms with Crippen LogP contribution >= 0.6 is 0 Å². The van der Waals surface area contributed by atoms with Gasteiger partial charge in [-0.2, -0.15) is 0 Å². The first kappa shape index (κ1) is 10.7. The molecule has 2 N–H and O–H groups in total. The first-order valence-electron chi connectivity index (χ1n) is 4.38. The van der Waals surface area contributed by atoms with Gasteiger partial charge < -0.3 is 15.0 Å². The molecule has 0 unspecified atom stereocenters. The van der Waals surface area contributed by atoms with E-state index in [0.29, 0.717) is 6.54 Å². The van der Waals surface area contributed by atoms with Crippen LogP contribution in [0.2, 0.25) is 0 Å². The van der Waals surface area contributed by atoms with E-state index in [-0.39, 0.29) is 11.4 Å². The number of aliphatic hydroxyl groups is 1. The number of hydrogen-bond acceptors (Lipinski definition) is 4. The summed E-state index contributed by atoms with van der Waals surface area (Å²) in [6, 6.07) is 0. The van der Waals surface area contributed by atoms with Gasteiger partial charge >= 0.3 is 0 Å². The summed E-state index contributed by atoms with van der Waals surface area (Å²) in [5.41, 5.74) is -1.06. The highest BCUT2D eigenvalue weighted by atomic mass is 16.3. The first-order chi connectivity index (χ1) is 6.40. The Bertz CT molecular complexity index is 365. The molecule has 78 valence electrons. The maximum atomic E-state index is 11.4. The second kappa shape index (κ2) is 3.79. The predicted octanol–water partition coefficient (Wildman–Crippen LogP) is -0.0369. The van der Waals surface area contributed by atoms with E-state index in [1.165, 1.54) is 10.8 Å². The number of aromatic nitrogens is 2. The fraction of sp³-hybridized carbons (Fsp3) is 0.556. The van der Waals surface area contributed by atoms with Gasteiger partial charge in [-0.05, 0) is 13.8 Å². The van der Waals surface area contributed by atoms with Crippen molar-refractivity contribution in [3.05, 3.63) is 22.7 Å². The fourth-order valence-corrected chi connectivity index (χ4v) is 0.919. The van der Waals surface area contributed by atoms with Crippen LogP contribution in [0.25, 0.3) is 0 Å². The van der Waals surface area contributed by atoms with Crippen molar-refractivity contribution in [2.24, 2.45) is 7.05 Å². The second-order valence-corrected chi connectivity index (χ2v) is 3.86. The average molecular weight is 197 g/mol. The third kappa shape index (κ3) is 2.85. The molecule has 0 bridgehead atoms. The molecule has 0 aliphatic carbocycles. The van der Waals surface area contributed by atoms with Gasteiger partial charge in [0, 0.05) is 26.0 Å². The lowest BCUT2D eigenvalue weighted by Crippen LogP contribution is -2.32. The van der Waals surface area contributed by atoms with E-state index in [1.54, 1.807) is 27.1 Å². The van der Waals surface area contributed by atoms with E-state index in [1.807, 2.05) is 0 Å². The topological polar surface area (TPSA) is 67.2 Å². The van der Waals surface area contributed by atoms with Crippen molar-refractivity contribution >= 4 is 5.82 Å². The maximum absolute atomic E-state index is 11.4. The summed E-state index contributed by atoms with van der Waals surface area (Å²) in [6.07, 6.45) is 3.12. The van der Waals surface area contributed by atoms with Crippen LogP contribution in [-0.4, -0.2) is 26.8 Å². The number of aryl methyl sites for hydroxylation is 1. The van der Waals surface area contributed by atoms with Crippen LogP contribution in [0.4, 0.5) is 5.82 Å². The number of hydrogen-bond donors (Lipinski definition) is 2. The molecule has 0 spiro atoms. The largest absolute Gasteiger partial charge is 0.389 e. The minimum absolute atomic E-state index is 0.197. The highest BCUT2D eigenvalue weighted by molar-refractivity contribution is 5.30. The average Bonchev–Trinajstić information content (AvgIpc) is 2.06. The van der Waals surface area contributed by atoms with Crippen molar-refractivity contribution in [3.8, 4) is 0 Å². The summed E-state index contributed by atoms with van der Waals surface area (Å²) >= 11 is 0. The van der Waals surface area contributed by atoms with Gasteiger partial charge in [-0.25, -0.2) is 4.98 Å². The van der Waals surface area contributed by atoms with Gasteiger partial charge in [-0.15, -0.1) is 0 Å². The lowest BCUT2D eigenvalue weighted by atomic mass is 10.1. The molecule has 1 aromatic heterocycles. The molecular formula is C9H15N3O2. The van der Waals surface area contributed by atoms with Crippen LogP contribution in [0.1, 0.15) is 13.8 Å². The van der Waals surface area contributed by atoms with E-state index in [9.17, 15) is 9.90 Å². The van der Waals surface area contributed by atoms with Crippen LogP contribution in [0.15, 0.2) is 17.2 Å². The lowest BCUT2D eigenvalue weighted by Gasteiger charge is -2.17. The molecule has 0 aliphatic heterocycles. The Morgan fingerprint density at radius 2 is 2.29 bits per heavy atom. The van der Waals surface area contributed by atoms with E-state index in [4.69, 9.17) is 0 Å². The van der Waals surface area contributed by atoms with Crippen molar-refractivity contribution < 1.29 is 5.11 Å². The molecule has 0 saturated carbocycles. The van der Waals surface area contributed by atoms with Gasteiger partial charge in [-0.3, -0.25) is 4.79 Å². The monoisotopic (exact) mass is 197 g/mol. The summed E-state index contributed by atoms with van der Waals surface area (Å²) in [6.45, 7) is 3.61. The molecule has 14 heavy (non-hydrogen) atoms. The lowest BCUT2D eigenvalue weighted by molar-refractivity contribution is 0.0944. The number of nitrogens with zero attached hydrogens (tertiary/aromatic N) is 2. The number of rotatable bonds is 3. The second-order valence-electron chi connectivity index (χ2n) is 3.86.